The molecule has 0 spiro atoms. The minimum atomic E-state index is 0.239. The SMILES string of the molecule is C=C(CCN(CC)CC)C1(c2ccc(CC)c(CC)c2)CCCC1. The third-order valence-electron chi connectivity index (χ3n) is 6.28. The summed E-state index contributed by atoms with van der Waals surface area (Å²) in [6, 6.07) is 7.30. The molecular weight excluding hydrogens is 290 g/mol. The van der Waals surface area contributed by atoms with Crippen molar-refractivity contribution in [3.8, 4) is 0 Å². The van der Waals surface area contributed by atoms with Gasteiger partial charge >= 0.3 is 0 Å². The summed E-state index contributed by atoms with van der Waals surface area (Å²) in [7, 11) is 0. The molecule has 1 saturated carbocycles. The van der Waals surface area contributed by atoms with Gasteiger partial charge in [0.1, 0.15) is 0 Å². The van der Waals surface area contributed by atoms with Crippen LogP contribution in [-0.4, -0.2) is 24.5 Å². The first-order valence-corrected chi connectivity index (χ1v) is 10.1. The fraction of sp³-hybridized carbons (Fsp3) is 0.652. The predicted octanol–water partition coefficient (Wildman–Crippen LogP) is 5.91. The third kappa shape index (κ3) is 3.94. The van der Waals surface area contributed by atoms with Gasteiger partial charge in [0.15, 0.2) is 0 Å². The van der Waals surface area contributed by atoms with Crippen LogP contribution >= 0.6 is 0 Å². The Hall–Kier alpha value is -1.08. The van der Waals surface area contributed by atoms with Crippen LogP contribution in [0.4, 0.5) is 0 Å². The number of aryl methyl sites for hydroxylation is 2. The summed E-state index contributed by atoms with van der Waals surface area (Å²) in [6.45, 7) is 17.1. The average molecular weight is 328 g/mol. The van der Waals surface area contributed by atoms with Gasteiger partial charge in [-0.15, -0.1) is 0 Å². The highest BCUT2D eigenvalue weighted by Crippen LogP contribution is 2.47. The van der Waals surface area contributed by atoms with E-state index in [9.17, 15) is 0 Å². The van der Waals surface area contributed by atoms with Crippen LogP contribution in [0, 0.1) is 0 Å². The molecule has 0 radical (unpaired) electrons. The Morgan fingerprint density at radius 3 is 2.17 bits per heavy atom. The molecule has 1 aliphatic carbocycles. The highest BCUT2D eigenvalue weighted by molar-refractivity contribution is 5.42. The van der Waals surface area contributed by atoms with Gasteiger partial charge in [-0.05, 0) is 61.9 Å². The van der Waals surface area contributed by atoms with Crippen molar-refractivity contribution < 1.29 is 0 Å². The molecule has 0 unspecified atom stereocenters. The van der Waals surface area contributed by atoms with E-state index in [1.165, 1.54) is 42.4 Å². The highest BCUT2D eigenvalue weighted by atomic mass is 15.1. The smallest absolute Gasteiger partial charge is 0.0159 e. The Bertz CT molecular complexity index is 533. The van der Waals surface area contributed by atoms with Crippen molar-refractivity contribution in [2.75, 3.05) is 19.6 Å². The van der Waals surface area contributed by atoms with E-state index in [2.05, 4.69) is 57.4 Å². The van der Waals surface area contributed by atoms with Crippen molar-refractivity contribution in [3.05, 3.63) is 47.0 Å². The second-order valence-electron chi connectivity index (χ2n) is 7.36. The highest BCUT2D eigenvalue weighted by Gasteiger charge is 2.38. The largest absolute Gasteiger partial charge is 0.304 e. The first-order valence-electron chi connectivity index (χ1n) is 10.1. The fourth-order valence-electron chi connectivity index (χ4n) is 4.49. The van der Waals surface area contributed by atoms with Crippen molar-refractivity contribution in [1.29, 1.82) is 0 Å². The number of hydrogen-bond donors (Lipinski definition) is 0. The molecule has 1 fully saturated rings. The second-order valence-corrected chi connectivity index (χ2v) is 7.36. The standard InChI is InChI=1S/C23H37N/c1-6-20-12-13-22(18-21(20)7-2)23(15-10-11-16-23)19(5)14-17-24(8-3)9-4/h12-13,18H,5-11,14-17H2,1-4H3. The van der Waals surface area contributed by atoms with Gasteiger partial charge < -0.3 is 4.90 Å². The first kappa shape index (κ1) is 19.2. The minimum absolute atomic E-state index is 0.239. The summed E-state index contributed by atoms with van der Waals surface area (Å²) < 4.78 is 0. The van der Waals surface area contributed by atoms with Crippen molar-refractivity contribution in [3.63, 3.8) is 0 Å². The van der Waals surface area contributed by atoms with Crippen molar-refractivity contribution >= 4 is 0 Å². The van der Waals surface area contributed by atoms with Crippen LogP contribution in [0.3, 0.4) is 0 Å². The van der Waals surface area contributed by atoms with E-state index < -0.39 is 0 Å². The van der Waals surface area contributed by atoms with Gasteiger partial charge in [-0.25, -0.2) is 0 Å². The van der Waals surface area contributed by atoms with E-state index >= 15 is 0 Å². The maximum absolute atomic E-state index is 4.60. The van der Waals surface area contributed by atoms with Gasteiger partial charge in [-0.1, -0.05) is 70.9 Å². The zero-order valence-corrected chi connectivity index (χ0v) is 16.5. The van der Waals surface area contributed by atoms with E-state index in [4.69, 9.17) is 0 Å². The van der Waals surface area contributed by atoms with Crippen LogP contribution < -0.4 is 0 Å². The summed E-state index contributed by atoms with van der Waals surface area (Å²) >= 11 is 0. The molecule has 0 heterocycles. The van der Waals surface area contributed by atoms with Gasteiger partial charge in [0.25, 0.3) is 0 Å². The van der Waals surface area contributed by atoms with Crippen LogP contribution in [0.1, 0.15) is 76.5 Å². The molecule has 0 amide bonds. The summed E-state index contributed by atoms with van der Waals surface area (Å²) in [5.41, 5.74) is 6.31. The van der Waals surface area contributed by atoms with Crippen LogP contribution in [-0.2, 0) is 18.3 Å². The van der Waals surface area contributed by atoms with E-state index in [0.717, 1.165) is 38.9 Å². The van der Waals surface area contributed by atoms with E-state index in [0.29, 0.717) is 0 Å². The van der Waals surface area contributed by atoms with Crippen LogP contribution in [0.15, 0.2) is 30.4 Å². The van der Waals surface area contributed by atoms with Gasteiger partial charge in [0, 0.05) is 12.0 Å². The molecule has 0 aliphatic heterocycles. The quantitative estimate of drug-likeness (QED) is 0.509. The fourth-order valence-corrected chi connectivity index (χ4v) is 4.49. The Balaban J connectivity index is 2.25. The number of rotatable bonds is 9. The molecule has 1 nitrogen and oxygen atoms in total. The predicted molar refractivity (Wildman–Crippen MR) is 107 cm³/mol. The zero-order valence-electron chi connectivity index (χ0n) is 16.5. The molecule has 2 rings (SSSR count). The summed E-state index contributed by atoms with van der Waals surface area (Å²) in [6.07, 6.45) is 8.69. The van der Waals surface area contributed by atoms with Gasteiger partial charge in [-0.2, -0.15) is 0 Å². The van der Waals surface area contributed by atoms with E-state index in [-0.39, 0.29) is 5.41 Å². The van der Waals surface area contributed by atoms with Crippen molar-refractivity contribution in [2.24, 2.45) is 0 Å². The molecule has 0 aromatic heterocycles. The maximum Gasteiger partial charge on any atom is 0.0159 e. The molecule has 0 saturated heterocycles. The Labute approximate surface area is 150 Å². The minimum Gasteiger partial charge on any atom is -0.304 e. The Kier molecular flexibility index (Phi) is 7.10. The molecule has 1 aliphatic rings. The summed E-state index contributed by atoms with van der Waals surface area (Å²) in [5.74, 6) is 0. The zero-order chi connectivity index (χ0) is 17.6. The lowest BCUT2D eigenvalue weighted by atomic mass is 9.71. The molecule has 134 valence electrons. The number of benzene rings is 1. The lowest BCUT2D eigenvalue weighted by Gasteiger charge is -2.34. The molecule has 1 aromatic rings. The second kappa shape index (κ2) is 8.85. The van der Waals surface area contributed by atoms with Crippen molar-refractivity contribution in [2.45, 2.75) is 78.1 Å². The summed E-state index contributed by atoms with van der Waals surface area (Å²) in [5, 5.41) is 0. The van der Waals surface area contributed by atoms with Crippen LogP contribution in [0.2, 0.25) is 0 Å². The molecule has 0 bridgehead atoms. The first-order chi connectivity index (χ1) is 11.6. The van der Waals surface area contributed by atoms with E-state index in [1.54, 1.807) is 5.56 Å². The van der Waals surface area contributed by atoms with E-state index in [1.807, 2.05) is 0 Å². The third-order valence-corrected chi connectivity index (χ3v) is 6.28. The lowest BCUT2D eigenvalue weighted by Crippen LogP contribution is -2.29. The molecule has 0 N–H and O–H groups in total. The van der Waals surface area contributed by atoms with Crippen molar-refractivity contribution in [1.82, 2.24) is 4.90 Å². The van der Waals surface area contributed by atoms with Gasteiger partial charge in [-0.3, -0.25) is 0 Å². The molecular formula is C23H37N. The number of hydrogen-bond acceptors (Lipinski definition) is 1. The monoisotopic (exact) mass is 327 g/mol. The molecule has 1 heteroatoms. The lowest BCUT2D eigenvalue weighted by molar-refractivity contribution is 0.301. The molecule has 0 atom stereocenters. The molecule has 24 heavy (non-hydrogen) atoms. The van der Waals surface area contributed by atoms with Crippen LogP contribution in [0.25, 0.3) is 0 Å². The molecule has 1 aromatic carbocycles. The topological polar surface area (TPSA) is 3.24 Å². The summed E-state index contributed by atoms with van der Waals surface area (Å²) in [4.78, 5) is 2.52. The Morgan fingerprint density at radius 2 is 1.62 bits per heavy atom. The van der Waals surface area contributed by atoms with Gasteiger partial charge in [0.05, 0.1) is 0 Å². The van der Waals surface area contributed by atoms with Crippen LogP contribution in [0.5, 0.6) is 0 Å². The Morgan fingerprint density at radius 1 is 1.00 bits per heavy atom. The normalized spacial score (nSPS) is 16.7. The maximum atomic E-state index is 4.60. The number of nitrogens with zero attached hydrogens (tertiary/aromatic N) is 1. The van der Waals surface area contributed by atoms with Gasteiger partial charge in [0.2, 0.25) is 0 Å². The average Bonchev–Trinajstić information content (AvgIpc) is 3.12.